The summed E-state index contributed by atoms with van der Waals surface area (Å²) in [7, 11) is 1.72. The van der Waals surface area contributed by atoms with E-state index in [1.54, 1.807) is 11.6 Å². The second-order valence-corrected chi connectivity index (χ2v) is 8.61. The van der Waals surface area contributed by atoms with Crippen molar-refractivity contribution in [1.29, 1.82) is 0 Å². The molecule has 1 atom stereocenters. The molecular weight excluding hydrogens is 398 g/mol. The molecule has 166 valence electrons. The van der Waals surface area contributed by atoms with Crippen LogP contribution in [0.3, 0.4) is 0 Å². The molecule has 2 fully saturated rings. The highest BCUT2D eigenvalue weighted by atomic mass is 16.5. The summed E-state index contributed by atoms with van der Waals surface area (Å²) in [5.74, 6) is -0.532. The molecule has 0 radical (unpaired) electrons. The van der Waals surface area contributed by atoms with Crippen molar-refractivity contribution >= 4 is 29.1 Å². The Kier molecular flexibility index (Phi) is 6.36. The Balaban J connectivity index is 1.46. The van der Waals surface area contributed by atoms with Gasteiger partial charge in [-0.3, -0.25) is 24.0 Å². The van der Waals surface area contributed by atoms with Crippen molar-refractivity contribution in [3.8, 4) is 0 Å². The lowest BCUT2D eigenvalue weighted by Crippen LogP contribution is -2.44. The largest absolute Gasteiger partial charge is 0.378 e. The maximum Gasteiger partial charge on any atom is 0.329 e. The third kappa shape index (κ3) is 4.35. The zero-order chi connectivity index (χ0) is 22.0. The van der Waals surface area contributed by atoms with Crippen molar-refractivity contribution in [1.82, 2.24) is 14.5 Å². The number of carbonyl (C=O) groups is 3. The number of piperidine rings is 1. The third-order valence-electron chi connectivity index (χ3n) is 6.56. The van der Waals surface area contributed by atoms with E-state index in [1.807, 2.05) is 18.2 Å². The molecule has 1 aromatic carbocycles. The third-order valence-corrected chi connectivity index (χ3v) is 6.56. The molecule has 1 unspecified atom stereocenters. The molecule has 8 nitrogen and oxygen atoms in total. The summed E-state index contributed by atoms with van der Waals surface area (Å²) in [6.07, 6.45) is 7.10. The van der Waals surface area contributed by atoms with Gasteiger partial charge in [0.1, 0.15) is 12.3 Å². The molecule has 1 aliphatic heterocycles. The topological polar surface area (TPSA) is 99.4 Å². The van der Waals surface area contributed by atoms with Gasteiger partial charge in [-0.15, -0.1) is 0 Å². The molecule has 1 aromatic heterocycles. The highest BCUT2D eigenvalue weighted by Gasteiger charge is 2.31. The molecular formula is C23H29N3O5. The number of hydrogen-bond acceptors (Lipinski definition) is 5. The first-order valence-corrected chi connectivity index (χ1v) is 11.1. The molecule has 4 rings (SSSR count). The molecule has 2 aromatic rings. The monoisotopic (exact) mass is 427 g/mol. The first kappa shape index (κ1) is 21.5. The fourth-order valence-electron chi connectivity index (χ4n) is 4.86. The van der Waals surface area contributed by atoms with Crippen LogP contribution in [-0.4, -0.2) is 39.9 Å². The lowest BCUT2D eigenvalue weighted by atomic mass is 9.88. The number of benzene rings is 1. The normalized spacial score (nSPS) is 24.4. The Bertz CT molecular complexity index is 1050. The number of aromatic nitrogens is 2. The fourth-order valence-corrected chi connectivity index (χ4v) is 4.86. The molecule has 1 aliphatic carbocycles. The second kappa shape index (κ2) is 9.18. The number of hydrogen-bond donors (Lipinski definition) is 1. The number of nitrogens with one attached hydrogen (secondary N) is 1. The number of fused-ring (bicyclic) bond motifs is 1. The van der Waals surface area contributed by atoms with Crippen molar-refractivity contribution in [3.05, 3.63) is 34.2 Å². The van der Waals surface area contributed by atoms with Crippen molar-refractivity contribution < 1.29 is 19.1 Å². The number of amides is 2. The van der Waals surface area contributed by atoms with E-state index in [0.29, 0.717) is 18.5 Å². The van der Waals surface area contributed by atoms with Gasteiger partial charge < -0.3 is 9.53 Å². The summed E-state index contributed by atoms with van der Waals surface area (Å²) in [5, 5.41) is 2.34. The van der Waals surface area contributed by atoms with Gasteiger partial charge in [0, 0.05) is 26.0 Å². The molecule has 31 heavy (non-hydrogen) atoms. The summed E-state index contributed by atoms with van der Waals surface area (Å²) in [6, 6.07) is 5.09. The summed E-state index contributed by atoms with van der Waals surface area (Å²) in [5.41, 5.74) is 2.33. The first-order chi connectivity index (χ1) is 15.0. The Labute approximate surface area is 180 Å². The summed E-state index contributed by atoms with van der Waals surface area (Å²) in [4.78, 5) is 47.7. The van der Waals surface area contributed by atoms with Crippen LogP contribution in [0.1, 0.15) is 56.6 Å². The van der Waals surface area contributed by atoms with E-state index in [9.17, 15) is 19.2 Å². The van der Waals surface area contributed by atoms with Crippen LogP contribution in [0.5, 0.6) is 0 Å². The van der Waals surface area contributed by atoms with Crippen LogP contribution >= 0.6 is 0 Å². The lowest BCUT2D eigenvalue weighted by molar-refractivity contribution is -0.135. The number of imide groups is 1. The maximum atomic E-state index is 13.0. The predicted octanol–water partition coefficient (Wildman–Crippen LogP) is 2.02. The number of nitrogens with zero attached hydrogens (tertiary/aromatic N) is 2. The van der Waals surface area contributed by atoms with Crippen LogP contribution < -0.4 is 11.0 Å². The Morgan fingerprint density at radius 2 is 1.90 bits per heavy atom. The Morgan fingerprint density at radius 3 is 2.61 bits per heavy atom. The van der Waals surface area contributed by atoms with Gasteiger partial charge in [-0.05, 0) is 56.6 Å². The minimum absolute atomic E-state index is 0.187. The van der Waals surface area contributed by atoms with E-state index >= 15 is 0 Å². The van der Waals surface area contributed by atoms with Crippen LogP contribution in [0.15, 0.2) is 23.0 Å². The summed E-state index contributed by atoms with van der Waals surface area (Å²) >= 11 is 0. The van der Waals surface area contributed by atoms with E-state index in [-0.39, 0.29) is 30.0 Å². The smallest absolute Gasteiger partial charge is 0.329 e. The van der Waals surface area contributed by atoms with Gasteiger partial charge in [-0.2, -0.15) is 0 Å². The molecule has 1 saturated heterocycles. The van der Waals surface area contributed by atoms with E-state index in [4.69, 9.17) is 4.74 Å². The van der Waals surface area contributed by atoms with Gasteiger partial charge in [-0.1, -0.05) is 12.1 Å². The molecule has 1 saturated carbocycles. The minimum Gasteiger partial charge on any atom is -0.378 e. The number of para-hydroxylation sites is 1. The summed E-state index contributed by atoms with van der Waals surface area (Å²) in [6.45, 7) is 0.634. The van der Waals surface area contributed by atoms with E-state index in [2.05, 4.69) is 5.32 Å². The van der Waals surface area contributed by atoms with Crippen LogP contribution in [0.2, 0.25) is 0 Å². The zero-order valence-corrected chi connectivity index (χ0v) is 17.8. The number of imidazole rings is 1. The average Bonchev–Trinajstić information content (AvgIpc) is 3.03. The highest BCUT2D eigenvalue weighted by Crippen LogP contribution is 2.27. The molecule has 2 aliphatic rings. The lowest BCUT2D eigenvalue weighted by Gasteiger charge is -2.25. The standard InChI is InChI=1S/C23H29N3O5/c1-25-21-16(5-3-13-31-17-9-7-15(14-27)8-10-17)4-2-6-18(21)26(23(25)30)19-11-12-20(28)24-22(19)29/h2,4,6,14-15,17,19H,3,5,7-13H2,1H3,(H,24,28,29)/t15-,17-,19?. The molecule has 0 spiro atoms. The van der Waals surface area contributed by atoms with Crippen molar-refractivity contribution in [2.24, 2.45) is 13.0 Å². The van der Waals surface area contributed by atoms with Gasteiger partial charge >= 0.3 is 5.69 Å². The average molecular weight is 428 g/mol. The van der Waals surface area contributed by atoms with Crippen LogP contribution in [-0.2, 0) is 32.6 Å². The molecule has 1 N–H and O–H groups in total. The predicted molar refractivity (Wildman–Crippen MR) is 115 cm³/mol. The molecule has 2 heterocycles. The van der Waals surface area contributed by atoms with Crippen LogP contribution in [0.4, 0.5) is 0 Å². The Morgan fingerprint density at radius 1 is 1.13 bits per heavy atom. The van der Waals surface area contributed by atoms with Crippen molar-refractivity contribution in [2.75, 3.05) is 6.61 Å². The fraction of sp³-hybridized carbons (Fsp3) is 0.565. The molecule has 2 amide bonds. The highest BCUT2D eigenvalue weighted by molar-refractivity contribution is 6.00. The van der Waals surface area contributed by atoms with E-state index < -0.39 is 11.9 Å². The molecule has 0 bridgehead atoms. The van der Waals surface area contributed by atoms with Crippen molar-refractivity contribution in [2.45, 2.75) is 63.5 Å². The number of aryl methyl sites for hydroxylation is 2. The van der Waals surface area contributed by atoms with Gasteiger partial charge in [0.25, 0.3) is 0 Å². The van der Waals surface area contributed by atoms with Gasteiger partial charge in [-0.25, -0.2) is 4.79 Å². The SMILES string of the molecule is Cn1c(=O)n(C2CCC(=O)NC2=O)c2cccc(CCCO[C@H]3CC[C@H](C=O)CC3)c21. The van der Waals surface area contributed by atoms with Gasteiger partial charge in [0.05, 0.1) is 17.1 Å². The van der Waals surface area contributed by atoms with E-state index in [0.717, 1.165) is 55.9 Å². The molecule has 8 heteroatoms. The summed E-state index contributed by atoms with van der Waals surface area (Å²) < 4.78 is 9.12. The van der Waals surface area contributed by atoms with Crippen LogP contribution in [0, 0.1) is 5.92 Å². The minimum atomic E-state index is -0.672. The quantitative estimate of drug-likeness (QED) is 0.414. The Hall–Kier alpha value is -2.74. The number of rotatable bonds is 7. The maximum absolute atomic E-state index is 13.0. The number of aldehydes is 1. The van der Waals surface area contributed by atoms with Gasteiger partial charge in [0.15, 0.2) is 0 Å². The zero-order valence-electron chi connectivity index (χ0n) is 17.8. The van der Waals surface area contributed by atoms with Gasteiger partial charge in [0.2, 0.25) is 11.8 Å². The van der Waals surface area contributed by atoms with E-state index in [1.165, 1.54) is 4.57 Å². The first-order valence-electron chi connectivity index (χ1n) is 11.1. The second-order valence-electron chi connectivity index (χ2n) is 8.61. The van der Waals surface area contributed by atoms with Crippen molar-refractivity contribution in [3.63, 3.8) is 0 Å². The number of ether oxygens (including phenoxy) is 1. The van der Waals surface area contributed by atoms with Crippen LogP contribution in [0.25, 0.3) is 11.0 Å². The number of carbonyl (C=O) groups excluding carboxylic acids is 3.